The van der Waals surface area contributed by atoms with Crippen LogP contribution in [-0.2, 0) is 0 Å². The van der Waals surface area contributed by atoms with Crippen LogP contribution < -0.4 is 10.1 Å². The fourth-order valence-corrected chi connectivity index (χ4v) is 2.02. The Balaban J connectivity index is 2.28. The molecule has 1 heterocycles. The molecule has 1 aromatic heterocycles. The van der Waals surface area contributed by atoms with Gasteiger partial charge in [0.2, 0.25) is 5.88 Å². The lowest BCUT2D eigenvalue weighted by Crippen LogP contribution is -2.01. The van der Waals surface area contributed by atoms with Crippen molar-refractivity contribution in [3.63, 3.8) is 0 Å². The van der Waals surface area contributed by atoms with Gasteiger partial charge in [-0.2, -0.15) is 4.98 Å². The second kappa shape index (κ2) is 6.33. The number of hydrogen-bond donors (Lipinski definition) is 1. The molecule has 0 saturated carbocycles. The van der Waals surface area contributed by atoms with Gasteiger partial charge in [0.05, 0.1) is 5.02 Å². The Kier molecular flexibility index (Phi) is 4.75. The molecule has 0 saturated heterocycles. The third kappa shape index (κ3) is 3.66. The van der Waals surface area contributed by atoms with E-state index in [4.69, 9.17) is 39.5 Å². The molecule has 2 rings (SSSR count). The summed E-state index contributed by atoms with van der Waals surface area (Å²) in [5, 5.41) is 4.47. The Hall–Kier alpha value is -1.16. The predicted molar refractivity (Wildman–Crippen MR) is 79.9 cm³/mol. The topological polar surface area (TPSA) is 34.2 Å². The fraction of sp³-hybridized carbons (Fsp3) is 0.154. The van der Waals surface area contributed by atoms with Crippen molar-refractivity contribution >= 4 is 40.6 Å². The van der Waals surface area contributed by atoms with Crippen LogP contribution in [0.4, 0.5) is 5.82 Å². The molecule has 0 atom stereocenters. The Morgan fingerprint density at radius 2 is 1.79 bits per heavy atom. The van der Waals surface area contributed by atoms with E-state index in [1.165, 1.54) is 0 Å². The monoisotopic (exact) mass is 316 g/mol. The number of benzene rings is 1. The van der Waals surface area contributed by atoms with Crippen LogP contribution in [0.5, 0.6) is 11.6 Å². The number of anilines is 1. The van der Waals surface area contributed by atoms with E-state index >= 15 is 0 Å². The van der Waals surface area contributed by atoms with Gasteiger partial charge in [0.15, 0.2) is 0 Å². The Morgan fingerprint density at radius 3 is 2.42 bits per heavy atom. The SMILES string of the molecule is CCNc1nc(Oc2ccc(Cl)cc2)c(Cl)cc1Cl. The number of halogens is 3. The van der Waals surface area contributed by atoms with Crippen LogP contribution in [0.15, 0.2) is 30.3 Å². The average Bonchev–Trinajstić information content (AvgIpc) is 2.38. The first-order valence-electron chi connectivity index (χ1n) is 5.63. The van der Waals surface area contributed by atoms with Gasteiger partial charge >= 0.3 is 0 Å². The number of aromatic nitrogens is 1. The number of pyridine rings is 1. The zero-order valence-corrected chi connectivity index (χ0v) is 12.4. The fourth-order valence-electron chi connectivity index (χ4n) is 1.43. The lowest BCUT2D eigenvalue weighted by atomic mass is 10.3. The van der Waals surface area contributed by atoms with Crippen LogP contribution in [0.2, 0.25) is 15.1 Å². The number of rotatable bonds is 4. The second-order valence-electron chi connectivity index (χ2n) is 3.69. The van der Waals surface area contributed by atoms with E-state index in [0.717, 1.165) is 0 Å². The average molecular weight is 318 g/mol. The van der Waals surface area contributed by atoms with Crippen LogP contribution in [-0.4, -0.2) is 11.5 Å². The molecule has 0 spiro atoms. The normalized spacial score (nSPS) is 10.3. The van der Waals surface area contributed by atoms with Crippen molar-refractivity contribution in [1.29, 1.82) is 0 Å². The van der Waals surface area contributed by atoms with Gasteiger partial charge in [-0.3, -0.25) is 0 Å². The zero-order valence-electron chi connectivity index (χ0n) is 10.1. The van der Waals surface area contributed by atoms with E-state index in [2.05, 4.69) is 10.3 Å². The molecule has 3 nitrogen and oxygen atoms in total. The number of nitrogens with one attached hydrogen (secondary N) is 1. The summed E-state index contributed by atoms with van der Waals surface area (Å²) in [6, 6.07) is 8.53. The van der Waals surface area contributed by atoms with Gasteiger partial charge in [-0.25, -0.2) is 0 Å². The van der Waals surface area contributed by atoms with Gasteiger partial charge < -0.3 is 10.1 Å². The molecule has 2 aromatic rings. The standard InChI is InChI=1S/C13H11Cl3N2O/c1-2-17-12-10(15)7-11(16)13(18-12)19-9-5-3-8(14)4-6-9/h3-7H,2H2,1H3,(H,17,18). The molecule has 0 bridgehead atoms. The van der Waals surface area contributed by atoms with Crippen LogP contribution >= 0.6 is 34.8 Å². The highest BCUT2D eigenvalue weighted by molar-refractivity contribution is 6.36. The van der Waals surface area contributed by atoms with E-state index in [1.54, 1.807) is 30.3 Å². The Morgan fingerprint density at radius 1 is 1.11 bits per heavy atom. The lowest BCUT2D eigenvalue weighted by Gasteiger charge is -2.10. The van der Waals surface area contributed by atoms with Crippen LogP contribution in [0.25, 0.3) is 0 Å². The lowest BCUT2D eigenvalue weighted by molar-refractivity contribution is 0.464. The molecular weight excluding hydrogens is 307 g/mol. The third-order valence-electron chi connectivity index (χ3n) is 2.27. The highest BCUT2D eigenvalue weighted by atomic mass is 35.5. The minimum atomic E-state index is 0.296. The first kappa shape index (κ1) is 14.3. The van der Waals surface area contributed by atoms with Crippen molar-refractivity contribution in [2.24, 2.45) is 0 Å². The third-order valence-corrected chi connectivity index (χ3v) is 3.08. The minimum absolute atomic E-state index is 0.296. The number of ether oxygens (including phenoxy) is 1. The predicted octanol–water partition coefficient (Wildman–Crippen LogP) is 5.27. The minimum Gasteiger partial charge on any atom is -0.437 e. The van der Waals surface area contributed by atoms with Crippen molar-refractivity contribution in [1.82, 2.24) is 4.98 Å². The first-order chi connectivity index (χ1) is 9.10. The zero-order chi connectivity index (χ0) is 13.8. The largest absolute Gasteiger partial charge is 0.437 e. The maximum Gasteiger partial charge on any atom is 0.240 e. The van der Waals surface area contributed by atoms with Crippen molar-refractivity contribution in [3.8, 4) is 11.6 Å². The molecule has 0 aliphatic heterocycles. The second-order valence-corrected chi connectivity index (χ2v) is 4.94. The highest BCUT2D eigenvalue weighted by Crippen LogP contribution is 2.33. The van der Waals surface area contributed by atoms with Crippen molar-refractivity contribution in [2.45, 2.75) is 6.92 Å². The Labute approximate surface area is 126 Å². The van der Waals surface area contributed by atoms with Gasteiger partial charge in [0.1, 0.15) is 16.6 Å². The van der Waals surface area contributed by atoms with Gasteiger partial charge in [-0.05, 0) is 37.3 Å². The summed E-state index contributed by atoms with van der Waals surface area (Å²) >= 11 is 17.9. The quantitative estimate of drug-likeness (QED) is 0.834. The van der Waals surface area contributed by atoms with Gasteiger partial charge in [-0.1, -0.05) is 34.8 Å². The molecule has 19 heavy (non-hydrogen) atoms. The van der Waals surface area contributed by atoms with E-state index in [0.29, 0.717) is 39.1 Å². The van der Waals surface area contributed by atoms with Crippen LogP contribution in [0.1, 0.15) is 6.92 Å². The van der Waals surface area contributed by atoms with E-state index < -0.39 is 0 Å². The summed E-state index contributed by atoms with van der Waals surface area (Å²) in [5.74, 6) is 1.44. The molecular formula is C13H11Cl3N2O. The van der Waals surface area contributed by atoms with Crippen molar-refractivity contribution in [2.75, 3.05) is 11.9 Å². The summed E-state index contributed by atoms with van der Waals surface area (Å²) in [5.41, 5.74) is 0. The number of hydrogen-bond acceptors (Lipinski definition) is 3. The summed E-state index contributed by atoms with van der Waals surface area (Å²) < 4.78 is 5.61. The van der Waals surface area contributed by atoms with E-state index in [9.17, 15) is 0 Å². The molecule has 0 unspecified atom stereocenters. The van der Waals surface area contributed by atoms with Crippen molar-refractivity contribution < 1.29 is 4.74 Å². The molecule has 0 aliphatic carbocycles. The molecule has 1 aromatic carbocycles. The molecule has 1 N–H and O–H groups in total. The highest BCUT2D eigenvalue weighted by Gasteiger charge is 2.11. The summed E-state index contributed by atoms with van der Waals surface area (Å²) in [7, 11) is 0. The first-order valence-corrected chi connectivity index (χ1v) is 6.77. The van der Waals surface area contributed by atoms with Crippen molar-refractivity contribution in [3.05, 3.63) is 45.4 Å². The molecule has 6 heteroatoms. The van der Waals surface area contributed by atoms with Crippen LogP contribution in [0.3, 0.4) is 0 Å². The maximum atomic E-state index is 6.06. The van der Waals surface area contributed by atoms with Gasteiger partial charge in [0.25, 0.3) is 0 Å². The van der Waals surface area contributed by atoms with Gasteiger partial charge in [-0.15, -0.1) is 0 Å². The molecule has 0 fully saturated rings. The molecule has 0 radical (unpaired) electrons. The summed E-state index contributed by atoms with van der Waals surface area (Å²) in [6.07, 6.45) is 0. The summed E-state index contributed by atoms with van der Waals surface area (Å²) in [4.78, 5) is 4.25. The van der Waals surface area contributed by atoms with Crippen LogP contribution in [0, 0.1) is 0 Å². The summed E-state index contributed by atoms with van der Waals surface area (Å²) in [6.45, 7) is 2.65. The number of nitrogens with zero attached hydrogens (tertiary/aromatic N) is 1. The molecule has 100 valence electrons. The van der Waals surface area contributed by atoms with E-state index in [1.807, 2.05) is 6.92 Å². The Bertz CT molecular complexity index is 573. The van der Waals surface area contributed by atoms with E-state index in [-0.39, 0.29) is 0 Å². The maximum absolute atomic E-state index is 6.06. The van der Waals surface area contributed by atoms with Gasteiger partial charge in [0, 0.05) is 11.6 Å². The smallest absolute Gasteiger partial charge is 0.240 e. The molecule has 0 amide bonds. The molecule has 0 aliphatic rings.